The fourth-order valence-electron chi connectivity index (χ4n) is 3.29. The van der Waals surface area contributed by atoms with Crippen molar-refractivity contribution in [1.82, 2.24) is 0 Å². The monoisotopic (exact) mass is 410 g/mol. The predicted octanol–water partition coefficient (Wildman–Crippen LogP) is 5.77. The van der Waals surface area contributed by atoms with E-state index in [1.165, 1.54) is 0 Å². The van der Waals surface area contributed by atoms with Crippen LogP contribution in [-0.4, -0.2) is 18.0 Å². The number of nitrogens with one attached hydrogen (secondary N) is 2. The Morgan fingerprint density at radius 2 is 1.39 bits per heavy atom. The van der Waals surface area contributed by atoms with E-state index in [0.717, 1.165) is 16.5 Å². The van der Waals surface area contributed by atoms with Gasteiger partial charge in [0.25, 0.3) is 5.91 Å². The molecule has 1 amide bonds. The van der Waals surface area contributed by atoms with Gasteiger partial charge in [-0.15, -0.1) is 0 Å². The lowest BCUT2D eigenvalue weighted by atomic mass is 10.1. The Morgan fingerprint density at radius 1 is 0.742 bits per heavy atom. The van der Waals surface area contributed by atoms with Gasteiger partial charge in [0.1, 0.15) is 0 Å². The van der Waals surface area contributed by atoms with Gasteiger partial charge < -0.3 is 15.4 Å². The number of esters is 1. The van der Waals surface area contributed by atoms with Gasteiger partial charge in [-0.05, 0) is 42.6 Å². The van der Waals surface area contributed by atoms with Crippen LogP contribution in [0, 0.1) is 0 Å². The molecule has 0 fully saturated rings. The summed E-state index contributed by atoms with van der Waals surface area (Å²) in [7, 11) is 0. The Morgan fingerprint density at radius 3 is 2.23 bits per heavy atom. The van der Waals surface area contributed by atoms with Crippen molar-refractivity contribution in [1.29, 1.82) is 0 Å². The Balaban J connectivity index is 1.47. The summed E-state index contributed by atoms with van der Waals surface area (Å²) >= 11 is 0. The third-order valence-electron chi connectivity index (χ3n) is 4.90. The summed E-state index contributed by atoms with van der Waals surface area (Å²) in [4.78, 5) is 25.5. The van der Waals surface area contributed by atoms with E-state index in [1.807, 2.05) is 78.9 Å². The van der Waals surface area contributed by atoms with E-state index in [9.17, 15) is 9.59 Å². The first-order valence-electron chi connectivity index (χ1n) is 10.0. The number of ether oxygens (including phenoxy) is 1. The number of hydrogen-bond donors (Lipinski definition) is 2. The highest BCUT2D eigenvalue weighted by Gasteiger charge is 2.21. The minimum atomic E-state index is -0.962. The summed E-state index contributed by atoms with van der Waals surface area (Å²) in [6.07, 6.45) is -0.962. The van der Waals surface area contributed by atoms with Gasteiger partial charge >= 0.3 is 5.97 Å². The van der Waals surface area contributed by atoms with Gasteiger partial charge in [0, 0.05) is 16.8 Å². The van der Waals surface area contributed by atoms with Crippen molar-refractivity contribution in [3.8, 4) is 0 Å². The zero-order valence-electron chi connectivity index (χ0n) is 17.0. The molecule has 4 aromatic carbocycles. The predicted molar refractivity (Wildman–Crippen MR) is 124 cm³/mol. The van der Waals surface area contributed by atoms with Crippen LogP contribution in [0.2, 0.25) is 0 Å². The van der Waals surface area contributed by atoms with Gasteiger partial charge in [-0.3, -0.25) is 4.79 Å². The topological polar surface area (TPSA) is 67.4 Å². The normalized spacial score (nSPS) is 11.5. The van der Waals surface area contributed by atoms with Crippen molar-refractivity contribution in [3.05, 3.63) is 103 Å². The maximum atomic E-state index is 12.8. The average molecular weight is 410 g/mol. The van der Waals surface area contributed by atoms with Gasteiger partial charge in [0.2, 0.25) is 0 Å². The number of amides is 1. The SMILES string of the molecule is C[C@@H](OC(=O)c1ccccc1Nc1ccccc1)C(=O)Nc1cccc2ccccc12. The highest BCUT2D eigenvalue weighted by Crippen LogP contribution is 2.24. The lowest BCUT2D eigenvalue weighted by Gasteiger charge is -2.16. The van der Waals surface area contributed by atoms with Gasteiger partial charge in [-0.1, -0.05) is 66.7 Å². The van der Waals surface area contributed by atoms with Crippen LogP contribution in [0.25, 0.3) is 10.8 Å². The van der Waals surface area contributed by atoms with E-state index in [1.54, 1.807) is 25.1 Å². The number of para-hydroxylation sites is 2. The number of hydrogen-bond acceptors (Lipinski definition) is 4. The standard InChI is InChI=1S/C26H22N2O3/c1-18(25(29)28-23-17-9-11-19-10-5-6-14-21(19)23)31-26(30)22-15-7-8-16-24(22)27-20-12-3-2-4-13-20/h2-18,27H,1H3,(H,28,29)/t18-/m1/s1. The first-order valence-corrected chi connectivity index (χ1v) is 10.0. The van der Waals surface area contributed by atoms with Crippen molar-refractivity contribution in [2.45, 2.75) is 13.0 Å². The lowest BCUT2D eigenvalue weighted by molar-refractivity contribution is -0.123. The molecule has 2 N–H and O–H groups in total. The molecule has 0 saturated carbocycles. The smallest absolute Gasteiger partial charge is 0.341 e. The molecule has 0 saturated heterocycles. The van der Waals surface area contributed by atoms with Crippen molar-refractivity contribution in [3.63, 3.8) is 0 Å². The minimum Gasteiger partial charge on any atom is -0.449 e. The molecule has 0 aliphatic heterocycles. The van der Waals surface area contributed by atoms with Gasteiger partial charge in [0.15, 0.2) is 6.10 Å². The molecule has 0 aliphatic rings. The van der Waals surface area contributed by atoms with E-state index in [0.29, 0.717) is 16.9 Å². The summed E-state index contributed by atoms with van der Waals surface area (Å²) in [6, 6.07) is 30.0. The molecule has 0 radical (unpaired) electrons. The van der Waals surface area contributed by atoms with Crippen LogP contribution in [0.5, 0.6) is 0 Å². The lowest BCUT2D eigenvalue weighted by Crippen LogP contribution is -2.30. The molecule has 0 unspecified atom stereocenters. The quantitative estimate of drug-likeness (QED) is 0.396. The number of carbonyl (C=O) groups is 2. The molecule has 0 bridgehead atoms. The first kappa shape index (κ1) is 20.2. The molecule has 1 atom stereocenters. The molecule has 0 aliphatic carbocycles. The van der Waals surface area contributed by atoms with Crippen LogP contribution in [0.4, 0.5) is 17.1 Å². The summed E-state index contributed by atoms with van der Waals surface area (Å²) in [5.74, 6) is -0.960. The Kier molecular flexibility index (Phi) is 5.94. The van der Waals surface area contributed by atoms with Crippen LogP contribution in [0.1, 0.15) is 17.3 Å². The Hall–Kier alpha value is -4.12. The molecule has 0 heterocycles. The van der Waals surface area contributed by atoms with Crippen LogP contribution in [0.15, 0.2) is 97.1 Å². The van der Waals surface area contributed by atoms with Crippen LogP contribution in [0.3, 0.4) is 0 Å². The van der Waals surface area contributed by atoms with Gasteiger partial charge in [0.05, 0.1) is 11.3 Å². The highest BCUT2D eigenvalue weighted by molar-refractivity contribution is 6.05. The van der Waals surface area contributed by atoms with E-state index in [4.69, 9.17) is 4.74 Å². The van der Waals surface area contributed by atoms with Crippen molar-refractivity contribution in [2.24, 2.45) is 0 Å². The zero-order valence-corrected chi connectivity index (χ0v) is 17.0. The molecule has 5 nitrogen and oxygen atoms in total. The first-order chi connectivity index (χ1) is 15.1. The molecule has 0 aromatic heterocycles. The molecule has 4 rings (SSSR count). The number of anilines is 3. The zero-order chi connectivity index (χ0) is 21.6. The summed E-state index contributed by atoms with van der Waals surface area (Å²) < 4.78 is 5.47. The fraction of sp³-hybridized carbons (Fsp3) is 0.0769. The fourth-order valence-corrected chi connectivity index (χ4v) is 3.29. The number of fused-ring (bicyclic) bond motifs is 1. The Labute approximate surface area is 180 Å². The van der Waals surface area contributed by atoms with Crippen LogP contribution < -0.4 is 10.6 Å². The second kappa shape index (κ2) is 9.13. The number of rotatable bonds is 6. The average Bonchev–Trinajstić information content (AvgIpc) is 2.80. The molecular weight excluding hydrogens is 388 g/mol. The number of carbonyl (C=O) groups excluding carboxylic acids is 2. The van der Waals surface area contributed by atoms with E-state index < -0.39 is 18.0 Å². The largest absolute Gasteiger partial charge is 0.449 e. The molecule has 31 heavy (non-hydrogen) atoms. The van der Waals surface area contributed by atoms with E-state index >= 15 is 0 Å². The van der Waals surface area contributed by atoms with E-state index in [-0.39, 0.29) is 0 Å². The highest BCUT2D eigenvalue weighted by atomic mass is 16.5. The van der Waals surface area contributed by atoms with E-state index in [2.05, 4.69) is 10.6 Å². The Bertz CT molecular complexity index is 1220. The third-order valence-corrected chi connectivity index (χ3v) is 4.90. The second-order valence-electron chi connectivity index (χ2n) is 7.10. The molecule has 4 aromatic rings. The molecule has 0 spiro atoms. The van der Waals surface area contributed by atoms with Crippen LogP contribution >= 0.6 is 0 Å². The minimum absolute atomic E-state index is 0.358. The molecule has 5 heteroatoms. The van der Waals surface area contributed by atoms with Crippen molar-refractivity contribution >= 4 is 39.7 Å². The van der Waals surface area contributed by atoms with Gasteiger partial charge in [-0.25, -0.2) is 4.79 Å². The van der Waals surface area contributed by atoms with Crippen molar-refractivity contribution < 1.29 is 14.3 Å². The number of benzene rings is 4. The summed E-state index contributed by atoms with van der Waals surface area (Å²) in [5, 5.41) is 8.02. The van der Waals surface area contributed by atoms with Crippen molar-refractivity contribution in [2.75, 3.05) is 10.6 Å². The third kappa shape index (κ3) is 4.73. The maximum absolute atomic E-state index is 12.8. The molecular formula is C26H22N2O3. The van der Waals surface area contributed by atoms with Crippen LogP contribution in [-0.2, 0) is 9.53 Å². The second-order valence-corrected chi connectivity index (χ2v) is 7.10. The van der Waals surface area contributed by atoms with Gasteiger partial charge in [-0.2, -0.15) is 0 Å². The summed E-state index contributed by atoms with van der Waals surface area (Å²) in [5.41, 5.74) is 2.50. The summed E-state index contributed by atoms with van der Waals surface area (Å²) in [6.45, 7) is 1.56. The molecule has 154 valence electrons. The maximum Gasteiger partial charge on any atom is 0.341 e.